The normalized spacial score (nSPS) is 11.2. The van der Waals surface area contributed by atoms with E-state index in [1.807, 2.05) is 20.8 Å². The third kappa shape index (κ3) is 11.2. The first-order valence-corrected chi connectivity index (χ1v) is 5.69. The number of unbranched alkanes of at least 4 members (excludes halogenated alkanes) is 1. The average Bonchev–Trinajstić information content (AvgIpc) is 2.13. The van der Waals surface area contributed by atoms with Crippen LogP contribution in [0.4, 0.5) is 9.18 Å². The number of ether oxygens (including phenoxy) is 1. The molecule has 4 nitrogen and oxygen atoms in total. The highest BCUT2D eigenvalue weighted by Gasteiger charge is 2.15. The van der Waals surface area contributed by atoms with Gasteiger partial charge in [-0.15, -0.1) is 0 Å². The molecule has 0 aliphatic carbocycles. The summed E-state index contributed by atoms with van der Waals surface area (Å²) in [7, 11) is 0. The Morgan fingerprint density at radius 1 is 1.19 bits per heavy atom. The molecule has 0 saturated heterocycles. The lowest BCUT2D eigenvalue weighted by Gasteiger charge is -2.19. The number of carbonyl (C=O) groups is 1. The van der Waals surface area contributed by atoms with Crippen molar-refractivity contribution in [2.75, 3.05) is 26.3 Å². The van der Waals surface area contributed by atoms with Gasteiger partial charge in [-0.1, -0.05) is 0 Å². The van der Waals surface area contributed by atoms with Crippen LogP contribution < -0.4 is 10.6 Å². The predicted octanol–water partition coefficient (Wildman–Crippen LogP) is 1.85. The minimum absolute atomic E-state index is 0.266. The van der Waals surface area contributed by atoms with Crippen LogP contribution in [0, 0.1) is 0 Å². The van der Waals surface area contributed by atoms with Crippen molar-refractivity contribution in [3.63, 3.8) is 0 Å². The van der Waals surface area contributed by atoms with Gasteiger partial charge in [0.05, 0.1) is 6.67 Å². The van der Waals surface area contributed by atoms with E-state index in [0.29, 0.717) is 19.5 Å². The Labute approximate surface area is 96.9 Å². The molecule has 1 amide bonds. The fourth-order valence-corrected chi connectivity index (χ4v) is 1.04. The Morgan fingerprint density at radius 2 is 1.88 bits per heavy atom. The predicted molar refractivity (Wildman–Crippen MR) is 62.3 cm³/mol. The summed E-state index contributed by atoms with van der Waals surface area (Å²) in [6.45, 7) is 7.17. The minimum atomic E-state index is -0.460. The standard InChI is InChI=1S/C11H23FN2O2/c1-11(2,3)16-10(15)14-9-8-13-7-5-4-6-12/h13H,4-9H2,1-3H3,(H,14,15). The van der Waals surface area contributed by atoms with E-state index in [9.17, 15) is 9.18 Å². The quantitative estimate of drug-likeness (QED) is 0.661. The molecule has 0 saturated carbocycles. The van der Waals surface area contributed by atoms with E-state index in [-0.39, 0.29) is 6.67 Å². The van der Waals surface area contributed by atoms with Gasteiger partial charge in [-0.3, -0.25) is 4.39 Å². The highest BCUT2D eigenvalue weighted by molar-refractivity contribution is 5.67. The molecule has 0 atom stereocenters. The van der Waals surface area contributed by atoms with Gasteiger partial charge in [-0.25, -0.2) is 4.79 Å². The summed E-state index contributed by atoms with van der Waals surface area (Å²) in [5.74, 6) is 0. The maximum atomic E-state index is 11.7. The van der Waals surface area contributed by atoms with Crippen LogP contribution in [0.2, 0.25) is 0 Å². The minimum Gasteiger partial charge on any atom is -0.444 e. The molecule has 0 bridgehead atoms. The van der Waals surface area contributed by atoms with Gasteiger partial charge in [-0.05, 0) is 40.2 Å². The molecule has 0 aliphatic rings. The molecule has 16 heavy (non-hydrogen) atoms. The zero-order valence-corrected chi connectivity index (χ0v) is 10.4. The third-order valence-electron chi connectivity index (χ3n) is 1.71. The first-order valence-electron chi connectivity index (χ1n) is 5.69. The molecule has 0 radical (unpaired) electrons. The van der Waals surface area contributed by atoms with Crippen LogP contribution in [0.15, 0.2) is 0 Å². The van der Waals surface area contributed by atoms with Crippen LogP contribution in [0.1, 0.15) is 33.6 Å². The summed E-state index contributed by atoms with van der Waals surface area (Å²) < 4.78 is 16.8. The molecule has 2 N–H and O–H groups in total. The summed E-state index contributed by atoms with van der Waals surface area (Å²) in [6, 6.07) is 0. The highest BCUT2D eigenvalue weighted by Crippen LogP contribution is 2.05. The van der Waals surface area contributed by atoms with Crippen LogP contribution >= 0.6 is 0 Å². The highest BCUT2D eigenvalue weighted by atomic mass is 19.1. The van der Waals surface area contributed by atoms with Crippen molar-refractivity contribution >= 4 is 6.09 Å². The maximum Gasteiger partial charge on any atom is 0.407 e. The molecule has 0 aromatic heterocycles. The first kappa shape index (κ1) is 15.2. The van der Waals surface area contributed by atoms with E-state index in [4.69, 9.17) is 4.74 Å². The molecule has 0 aliphatic heterocycles. The third-order valence-corrected chi connectivity index (χ3v) is 1.71. The van der Waals surface area contributed by atoms with Crippen LogP contribution in [0.25, 0.3) is 0 Å². The van der Waals surface area contributed by atoms with Gasteiger partial charge in [0.2, 0.25) is 0 Å². The fourth-order valence-electron chi connectivity index (χ4n) is 1.04. The second-order valence-corrected chi connectivity index (χ2v) is 4.57. The number of alkyl carbamates (subject to hydrolysis) is 1. The van der Waals surface area contributed by atoms with Gasteiger partial charge in [0.25, 0.3) is 0 Å². The second-order valence-electron chi connectivity index (χ2n) is 4.57. The molecule has 0 rings (SSSR count). The number of hydrogen-bond donors (Lipinski definition) is 2. The fraction of sp³-hybridized carbons (Fsp3) is 0.909. The topological polar surface area (TPSA) is 50.4 Å². The van der Waals surface area contributed by atoms with Crippen molar-refractivity contribution in [1.29, 1.82) is 0 Å². The van der Waals surface area contributed by atoms with Gasteiger partial charge in [0.15, 0.2) is 0 Å². The monoisotopic (exact) mass is 234 g/mol. The summed E-state index contributed by atoms with van der Waals surface area (Å²) in [5, 5.41) is 5.73. The SMILES string of the molecule is CC(C)(C)OC(=O)NCCNCCCCF. The maximum absolute atomic E-state index is 11.7. The number of rotatable bonds is 7. The zero-order chi connectivity index (χ0) is 12.4. The van der Waals surface area contributed by atoms with E-state index >= 15 is 0 Å². The number of halogens is 1. The number of carbonyl (C=O) groups excluding carboxylic acids is 1. The van der Waals surface area contributed by atoms with Crippen molar-refractivity contribution < 1.29 is 13.9 Å². The Balaban J connectivity index is 3.28. The first-order chi connectivity index (χ1) is 7.45. The lowest BCUT2D eigenvalue weighted by atomic mass is 10.2. The molecule has 0 aromatic rings. The molecule has 0 spiro atoms. The van der Waals surface area contributed by atoms with Gasteiger partial charge in [-0.2, -0.15) is 0 Å². The molecular formula is C11H23FN2O2. The lowest BCUT2D eigenvalue weighted by Crippen LogP contribution is -2.36. The zero-order valence-electron chi connectivity index (χ0n) is 10.4. The van der Waals surface area contributed by atoms with Gasteiger partial charge in [0, 0.05) is 13.1 Å². The summed E-state index contributed by atoms with van der Waals surface area (Å²) in [4.78, 5) is 11.2. The van der Waals surface area contributed by atoms with Crippen molar-refractivity contribution in [1.82, 2.24) is 10.6 Å². The van der Waals surface area contributed by atoms with Gasteiger partial charge in [0.1, 0.15) is 5.60 Å². The Hall–Kier alpha value is -0.840. The molecule has 5 heteroatoms. The van der Waals surface area contributed by atoms with E-state index in [1.54, 1.807) is 0 Å². The van der Waals surface area contributed by atoms with Crippen LogP contribution in [0.5, 0.6) is 0 Å². The number of amides is 1. The summed E-state index contributed by atoms with van der Waals surface area (Å²) >= 11 is 0. The van der Waals surface area contributed by atoms with Gasteiger partial charge < -0.3 is 15.4 Å². The van der Waals surface area contributed by atoms with Crippen LogP contribution in [-0.4, -0.2) is 38.0 Å². The van der Waals surface area contributed by atoms with E-state index < -0.39 is 11.7 Å². The Kier molecular flexibility index (Phi) is 7.89. The van der Waals surface area contributed by atoms with E-state index in [2.05, 4.69) is 10.6 Å². The molecule has 0 fully saturated rings. The molecule has 0 aromatic carbocycles. The van der Waals surface area contributed by atoms with Crippen molar-refractivity contribution in [2.24, 2.45) is 0 Å². The summed E-state index contributed by atoms with van der Waals surface area (Å²) in [6.07, 6.45) is 1.01. The molecule has 96 valence electrons. The van der Waals surface area contributed by atoms with E-state index in [0.717, 1.165) is 13.0 Å². The Bertz CT molecular complexity index is 193. The van der Waals surface area contributed by atoms with Gasteiger partial charge >= 0.3 is 6.09 Å². The number of hydrogen-bond acceptors (Lipinski definition) is 3. The average molecular weight is 234 g/mol. The summed E-state index contributed by atoms with van der Waals surface area (Å²) in [5.41, 5.74) is -0.460. The molecule has 0 heterocycles. The lowest BCUT2D eigenvalue weighted by molar-refractivity contribution is 0.0528. The second kappa shape index (κ2) is 8.33. The van der Waals surface area contributed by atoms with Crippen molar-refractivity contribution in [3.05, 3.63) is 0 Å². The van der Waals surface area contributed by atoms with Crippen LogP contribution in [0.3, 0.4) is 0 Å². The largest absolute Gasteiger partial charge is 0.444 e. The van der Waals surface area contributed by atoms with Crippen LogP contribution in [-0.2, 0) is 4.74 Å². The number of nitrogens with one attached hydrogen (secondary N) is 2. The Morgan fingerprint density at radius 3 is 2.44 bits per heavy atom. The number of alkyl halides is 1. The van der Waals surface area contributed by atoms with Crippen molar-refractivity contribution in [3.8, 4) is 0 Å². The smallest absolute Gasteiger partial charge is 0.407 e. The van der Waals surface area contributed by atoms with E-state index in [1.165, 1.54) is 0 Å². The van der Waals surface area contributed by atoms with Crippen molar-refractivity contribution in [2.45, 2.75) is 39.2 Å². The molecular weight excluding hydrogens is 211 g/mol. The molecule has 0 unspecified atom stereocenters.